The lowest BCUT2D eigenvalue weighted by Gasteiger charge is -2.22. The van der Waals surface area contributed by atoms with Crippen molar-refractivity contribution in [3.63, 3.8) is 0 Å². The molecule has 0 aliphatic heterocycles. The molecule has 11 heteroatoms. The van der Waals surface area contributed by atoms with E-state index in [1.165, 1.54) is 38.9 Å². The van der Waals surface area contributed by atoms with Crippen LogP contribution >= 0.6 is 0 Å². The van der Waals surface area contributed by atoms with Gasteiger partial charge in [0.15, 0.2) is 63.8 Å². The van der Waals surface area contributed by atoms with Gasteiger partial charge in [0.2, 0.25) is 0 Å². The molecule has 0 spiro atoms. The van der Waals surface area contributed by atoms with Crippen molar-refractivity contribution in [2.75, 3.05) is 0 Å². The molecule has 0 amide bonds. The molecule has 0 saturated heterocycles. The number of hydrogen-bond donors (Lipinski definition) is 0. The van der Waals surface area contributed by atoms with E-state index in [1.54, 1.807) is 0 Å². The fourth-order valence-corrected chi connectivity index (χ4v) is 17.7. The molecule has 1 aliphatic rings. The summed E-state index contributed by atoms with van der Waals surface area (Å²) in [6.45, 7) is 19.9. The van der Waals surface area contributed by atoms with E-state index >= 15 is 0 Å². The van der Waals surface area contributed by atoms with E-state index in [9.17, 15) is 0 Å². The van der Waals surface area contributed by atoms with Crippen molar-refractivity contribution in [1.29, 1.82) is 0 Å². The molecule has 22 aromatic rings. The molecule has 11 nitrogen and oxygen atoms in total. The van der Waals surface area contributed by atoms with Gasteiger partial charge in [-0.05, 0) is 182 Å². The molecule has 0 fully saturated rings. The maximum atomic E-state index is 7.89. The predicted molar refractivity (Wildman–Crippen MR) is 552 cm³/mol. The van der Waals surface area contributed by atoms with Crippen molar-refractivity contribution in [3.05, 3.63) is 501 Å². The van der Waals surface area contributed by atoms with E-state index in [0.717, 1.165) is 133 Å². The van der Waals surface area contributed by atoms with E-state index in [4.69, 9.17) is 58.0 Å². The Hall–Kier alpha value is -18.3. The smallest absolute Gasteiger partial charge is 0.195 e. The first-order chi connectivity index (χ1) is 66.5. The Balaban J connectivity index is 0.000000122. The zero-order valence-electron chi connectivity index (χ0n) is 73.9. The quantitative estimate of drug-likeness (QED) is 0.0870. The SMILES string of the molecule is CC1(C)c2ccccc2-c2ccc(-c3cccc(-c4cccc(-c5nc(-c6ccccc6)nc(-c6cccc(-c7ccccc7)c6)n5)c4)c3)cc21.[C-]#[N+]c1cc(-c2ccc(-c3ccccc3)cc2)cc2cc(-c3nc(-c4ccccc4)nc(-c4ccccc4)n3)ccc12.[C-]#[N+]c1cccc(-c2ccc(-c3ccc4ccc(-c5nc(-c6ccccc6)nc(-c6ccccc6)n5)cc4c3)cc2)c1. The molecular formula is C124H83N11. The Labute approximate surface area is 784 Å². The van der Waals surface area contributed by atoms with Gasteiger partial charge in [-0.1, -0.05) is 420 Å². The summed E-state index contributed by atoms with van der Waals surface area (Å²) >= 11 is 0. The summed E-state index contributed by atoms with van der Waals surface area (Å²) in [7, 11) is 0. The van der Waals surface area contributed by atoms with Gasteiger partial charge in [0, 0.05) is 55.5 Å². The van der Waals surface area contributed by atoms with E-state index in [-0.39, 0.29) is 5.41 Å². The van der Waals surface area contributed by atoms with Gasteiger partial charge in [-0.2, -0.15) is 0 Å². The number of aromatic nitrogens is 9. The van der Waals surface area contributed by atoms with Crippen LogP contribution in [-0.4, -0.2) is 44.9 Å². The van der Waals surface area contributed by atoms with Crippen LogP contribution in [0.4, 0.5) is 11.4 Å². The molecule has 0 radical (unpaired) electrons. The third kappa shape index (κ3) is 17.9. The fraction of sp³-hybridized carbons (Fsp3) is 0.0242. The topological polar surface area (TPSA) is 125 Å². The molecule has 1 aliphatic carbocycles. The van der Waals surface area contributed by atoms with Crippen molar-refractivity contribution >= 4 is 32.9 Å². The summed E-state index contributed by atoms with van der Waals surface area (Å²) in [6, 6.07) is 160. The lowest BCUT2D eigenvalue weighted by Crippen LogP contribution is -2.14. The van der Waals surface area contributed by atoms with E-state index in [1.807, 2.05) is 218 Å². The van der Waals surface area contributed by atoms with Crippen molar-refractivity contribution in [2.24, 2.45) is 0 Å². The summed E-state index contributed by atoms with van der Waals surface area (Å²) in [4.78, 5) is 51.7. The maximum absolute atomic E-state index is 7.89. The standard InChI is InChI=1S/C48H35N3.2C38H24N4/c1-48(2)43-25-10-9-24-41(43)42-27-26-38(31-44(42)48)36-20-11-19-35(28-36)37-21-13-23-40(30-37)47-50-45(33-16-7-4-8-17-33)49-46(51-47)39-22-12-18-34(29-39)32-14-5-3-6-15-32;1-39-35-25-32(28-19-17-27(18-20-28)26-11-5-2-6-12-26)24-33-23-31(21-22-34(33)35)38-41-36(29-13-7-3-8-14-29)40-37(42-38)30-15-9-4-10-16-30;1-39-35-14-8-13-31(25-35)26-15-17-27(18-16-26)32-21-19-28-20-22-33(24-34(28)23-32)38-41-36(29-9-4-2-5-10-29)40-37(42-38)30-11-6-3-7-12-30/h3-31H,1-2H3;2*2-25H. The third-order valence-corrected chi connectivity index (χ3v) is 24.8. The van der Waals surface area contributed by atoms with Crippen LogP contribution in [0, 0.1) is 13.1 Å². The van der Waals surface area contributed by atoms with Crippen molar-refractivity contribution < 1.29 is 0 Å². The van der Waals surface area contributed by atoms with Crippen molar-refractivity contribution in [3.8, 4) is 192 Å². The lowest BCUT2D eigenvalue weighted by molar-refractivity contribution is 0.660. The average Bonchev–Trinajstić information content (AvgIpc) is 1.58. The highest BCUT2D eigenvalue weighted by molar-refractivity contribution is 6.00. The van der Waals surface area contributed by atoms with Crippen LogP contribution in [0.5, 0.6) is 0 Å². The van der Waals surface area contributed by atoms with Crippen molar-refractivity contribution in [2.45, 2.75) is 19.3 Å². The molecule has 634 valence electrons. The van der Waals surface area contributed by atoms with Crippen LogP contribution in [-0.2, 0) is 5.41 Å². The first-order valence-electron chi connectivity index (χ1n) is 44.9. The lowest BCUT2D eigenvalue weighted by atomic mass is 9.81. The van der Waals surface area contributed by atoms with Crippen LogP contribution in [0.3, 0.4) is 0 Å². The molecule has 0 N–H and O–H groups in total. The molecule has 3 aromatic heterocycles. The Morgan fingerprint density at radius 1 is 0.170 bits per heavy atom. The average molecular weight is 1730 g/mol. The Morgan fingerprint density at radius 2 is 0.430 bits per heavy atom. The minimum atomic E-state index is -0.0429. The number of rotatable bonds is 16. The Kier molecular flexibility index (Phi) is 23.2. The Morgan fingerprint density at radius 3 is 0.859 bits per heavy atom. The van der Waals surface area contributed by atoms with Gasteiger partial charge in [0.25, 0.3) is 0 Å². The predicted octanol–water partition coefficient (Wildman–Crippen LogP) is 32.0. The highest BCUT2D eigenvalue weighted by Gasteiger charge is 2.35. The second-order valence-corrected chi connectivity index (χ2v) is 33.8. The molecule has 0 unspecified atom stereocenters. The molecule has 23 rings (SSSR count). The van der Waals surface area contributed by atoms with E-state index in [2.05, 4.69) is 272 Å². The van der Waals surface area contributed by atoms with Gasteiger partial charge in [0.05, 0.1) is 13.1 Å². The van der Waals surface area contributed by atoms with Gasteiger partial charge in [-0.25, -0.2) is 54.5 Å². The van der Waals surface area contributed by atoms with Gasteiger partial charge in [-0.3, -0.25) is 0 Å². The van der Waals surface area contributed by atoms with Gasteiger partial charge < -0.3 is 0 Å². The maximum Gasteiger partial charge on any atom is 0.195 e. The number of nitrogens with zero attached hydrogens (tertiary/aromatic N) is 11. The van der Waals surface area contributed by atoms with E-state index < -0.39 is 0 Å². The van der Waals surface area contributed by atoms with Crippen molar-refractivity contribution in [1.82, 2.24) is 44.9 Å². The number of benzene rings is 19. The van der Waals surface area contributed by atoms with Crippen LogP contribution in [0.2, 0.25) is 0 Å². The summed E-state index contributed by atoms with van der Waals surface area (Å²) in [5, 5.41) is 4.13. The van der Waals surface area contributed by atoms with Crippen LogP contribution in [0.1, 0.15) is 25.0 Å². The number of hydrogen-bond acceptors (Lipinski definition) is 9. The van der Waals surface area contributed by atoms with Gasteiger partial charge >= 0.3 is 0 Å². The summed E-state index contributed by atoms with van der Waals surface area (Å²) in [5.41, 5.74) is 30.8. The largest absolute Gasteiger partial charge is 0.238 e. The molecule has 0 atom stereocenters. The minimum absolute atomic E-state index is 0.0429. The second kappa shape index (κ2) is 37.4. The summed E-state index contributed by atoms with van der Waals surface area (Å²) in [6.07, 6.45) is 0. The fourth-order valence-electron chi connectivity index (χ4n) is 17.7. The first-order valence-corrected chi connectivity index (χ1v) is 44.9. The van der Waals surface area contributed by atoms with Crippen LogP contribution in [0.15, 0.2) is 467 Å². The van der Waals surface area contributed by atoms with Crippen LogP contribution in [0.25, 0.3) is 223 Å². The molecule has 0 saturated carbocycles. The molecular weight excluding hydrogens is 1640 g/mol. The van der Waals surface area contributed by atoms with Crippen LogP contribution < -0.4 is 0 Å². The van der Waals surface area contributed by atoms with E-state index in [0.29, 0.717) is 63.8 Å². The molecule has 3 heterocycles. The van der Waals surface area contributed by atoms with Gasteiger partial charge in [0.1, 0.15) is 0 Å². The zero-order valence-corrected chi connectivity index (χ0v) is 73.9. The molecule has 0 bridgehead atoms. The number of fused-ring (bicyclic) bond motifs is 5. The zero-order chi connectivity index (χ0) is 91.0. The first kappa shape index (κ1) is 83.6. The minimum Gasteiger partial charge on any atom is -0.238 e. The Bertz CT molecular complexity index is 8120. The second-order valence-electron chi connectivity index (χ2n) is 33.8. The van der Waals surface area contributed by atoms with Gasteiger partial charge in [-0.15, -0.1) is 0 Å². The third-order valence-electron chi connectivity index (χ3n) is 24.8. The monoisotopic (exact) mass is 1730 g/mol. The summed E-state index contributed by atoms with van der Waals surface area (Å²) in [5.74, 6) is 5.70. The summed E-state index contributed by atoms with van der Waals surface area (Å²) < 4.78 is 0. The molecule has 135 heavy (non-hydrogen) atoms. The highest BCUT2D eigenvalue weighted by Crippen LogP contribution is 2.50. The highest BCUT2D eigenvalue weighted by atomic mass is 15.1. The molecule has 19 aromatic carbocycles. The normalized spacial score (nSPS) is 11.5.